The fraction of sp³-hybridized carbons (Fsp3) is 0.878. The van der Waals surface area contributed by atoms with Crippen molar-refractivity contribution in [3.8, 4) is 0 Å². The number of rotatable bonds is 9. The standard InChI is InChI=1S/C41H54O10/c1-15-19-7-24(27(8-19)39(45)48-3)29(15)33-20-9-23(26(11-20)37(42)43)35(33)34-21-10-25(28(12-21)40(46)50-14-22-13-49-22)36(34)32-18-5-4-17(6-18)31(32)30-16(2)38(44)51-41(30)47/h15-36H,4-14H2,1-3H3,(H,42,43). The lowest BCUT2D eigenvalue weighted by Crippen LogP contribution is -2.51. The van der Waals surface area contributed by atoms with Crippen molar-refractivity contribution in [3.05, 3.63) is 0 Å². The average molecular weight is 707 g/mol. The number of hydrogen-bond acceptors (Lipinski definition) is 9. The molecule has 8 bridgehead atoms. The zero-order valence-electron chi connectivity index (χ0n) is 30.1. The fourth-order valence-electron chi connectivity index (χ4n) is 16.4. The Labute approximate surface area is 299 Å². The van der Waals surface area contributed by atoms with E-state index < -0.39 is 23.8 Å². The van der Waals surface area contributed by atoms with Gasteiger partial charge in [-0.05, 0) is 152 Å². The van der Waals surface area contributed by atoms with E-state index in [1.807, 2.05) is 6.92 Å². The molecule has 0 amide bonds. The topological polar surface area (TPSA) is 146 Å². The van der Waals surface area contributed by atoms with Crippen LogP contribution >= 0.6 is 0 Å². The van der Waals surface area contributed by atoms with Gasteiger partial charge in [0.25, 0.3) is 0 Å². The van der Waals surface area contributed by atoms with E-state index in [2.05, 4.69) is 6.92 Å². The number of methoxy groups -OCH3 is 1. The summed E-state index contributed by atoms with van der Waals surface area (Å²) < 4.78 is 21.9. The van der Waals surface area contributed by atoms with Gasteiger partial charge >= 0.3 is 29.8 Å². The average Bonchev–Trinajstić information content (AvgIpc) is 3.88. The Morgan fingerprint density at radius 1 is 0.667 bits per heavy atom. The SMILES string of the molecule is COC(=O)C1CC2CC1C(C1C3CC(C(=O)O)C(C3)C1C1C3CC(C(=O)OCC4CO4)C(C3)C1C1C3CCC(C3)C1C1C(=O)OC(=O)C1C)C2C. The molecule has 10 rings (SSSR count). The van der Waals surface area contributed by atoms with Crippen LogP contribution in [0.25, 0.3) is 0 Å². The summed E-state index contributed by atoms with van der Waals surface area (Å²) in [6.45, 7) is 5.18. The predicted molar refractivity (Wildman–Crippen MR) is 178 cm³/mol. The Balaban J connectivity index is 1.06. The van der Waals surface area contributed by atoms with Gasteiger partial charge in [0.1, 0.15) is 12.7 Å². The van der Waals surface area contributed by atoms with Crippen molar-refractivity contribution in [1.29, 1.82) is 0 Å². The molecule has 10 nitrogen and oxygen atoms in total. The molecule has 51 heavy (non-hydrogen) atoms. The van der Waals surface area contributed by atoms with E-state index in [1.165, 1.54) is 7.11 Å². The fourth-order valence-corrected chi connectivity index (χ4v) is 16.4. The van der Waals surface area contributed by atoms with E-state index in [4.69, 9.17) is 18.9 Å². The predicted octanol–water partition coefficient (Wildman–Crippen LogP) is 4.87. The van der Waals surface area contributed by atoms with Crippen molar-refractivity contribution in [1.82, 2.24) is 0 Å². The van der Waals surface area contributed by atoms with E-state index >= 15 is 0 Å². The molecule has 22 atom stereocenters. The van der Waals surface area contributed by atoms with Crippen molar-refractivity contribution in [2.75, 3.05) is 20.3 Å². The Kier molecular flexibility index (Phi) is 7.63. The van der Waals surface area contributed by atoms with Crippen LogP contribution in [0.1, 0.15) is 71.6 Å². The van der Waals surface area contributed by atoms with Gasteiger partial charge in [-0.15, -0.1) is 0 Å². The molecule has 8 aliphatic carbocycles. The Morgan fingerprint density at radius 3 is 1.82 bits per heavy atom. The van der Waals surface area contributed by atoms with Gasteiger partial charge in [0.15, 0.2) is 0 Å². The maximum absolute atomic E-state index is 13.9. The molecule has 278 valence electrons. The van der Waals surface area contributed by atoms with Crippen LogP contribution in [-0.2, 0) is 42.9 Å². The number of carbonyl (C=O) groups excluding carboxylic acids is 4. The monoisotopic (exact) mass is 706 g/mol. The normalized spacial score (nSPS) is 55.5. The van der Waals surface area contributed by atoms with Crippen molar-refractivity contribution in [3.63, 3.8) is 0 Å². The maximum atomic E-state index is 13.9. The first-order valence-electron chi connectivity index (χ1n) is 20.4. The van der Waals surface area contributed by atoms with E-state index in [0.717, 1.165) is 57.8 Å². The number of carbonyl (C=O) groups is 5. The van der Waals surface area contributed by atoms with Crippen LogP contribution in [0, 0.1) is 124 Å². The molecule has 10 fully saturated rings. The highest BCUT2D eigenvalue weighted by Crippen LogP contribution is 2.74. The number of esters is 4. The van der Waals surface area contributed by atoms with Crippen molar-refractivity contribution >= 4 is 29.8 Å². The highest BCUT2D eigenvalue weighted by molar-refractivity contribution is 5.96. The minimum Gasteiger partial charge on any atom is -0.481 e. The van der Waals surface area contributed by atoms with Gasteiger partial charge in [0.2, 0.25) is 0 Å². The van der Waals surface area contributed by atoms with Crippen molar-refractivity contribution in [2.45, 2.75) is 77.7 Å². The van der Waals surface area contributed by atoms with Gasteiger partial charge in [0, 0.05) is 0 Å². The maximum Gasteiger partial charge on any atom is 0.317 e. The Hall–Kier alpha value is -2.49. The van der Waals surface area contributed by atoms with Crippen LogP contribution in [0.15, 0.2) is 0 Å². The lowest BCUT2D eigenvalue weighted by molar-refractivity contribution is -0.159. The zero-order valence-corrected chi connectivity index (χ0v) is 30.1. The number of carboxylic acid groups (broad SMARTS) is 1. The summed E-state index contributed by atoms with van der Waals surface area (Å²) in [6, 6.07) is 0. The van der Waals surface area contributed by atoms with E-state index in [-0.39, 0.29) is 95.0 Å². The molecular formula is C41H54O10. The lowest BCUT2D eigenvalue weighted by Gasteiger charge is -2.53. The van der Waals surface area contributed by atoms with Crippen LogP contribution in [-0.4, -0.2) is 61.4 Å². The van der Waals surface area contributed by atoms with Crippen LogP contribution in [0.2, 0.25) is 0 Å². The second-order valence-corrected chi connectivity index (χ2v) is 19.2. The number of epoxide rings is 1. The van der Waals surface area contributed by atoms with Crippen LogP contribution in [0.3, 0.4) is 0 Å². The molecule has 2 heterocycles. The molecule has 2 saturated heterocycles. The highest BCUT2D eigenvalue weighted by Gasteiger charge is 2.71. The minimum absolute atomic E-state index is 0.00117. The third-order valence-electron chi connectivity index (χ3n) is 17.9. The smallest absolute Gasteiger partial charge is 0.317 e. The molecule has 10 aliphatic rings. The number of hydrogen-bond donors (Lipinski definition) is 1. The third-order valence-corrected chi connectivity index (χ3v) is 17.9. The molecule has 8 saturated carbocycles. The molecule has 10 heteroatoms. The largest absolute Gasteiger partial charge is 0.481 e. The van der Waals surface area contributed by atoms with E-state index in [1.54, 1.807) is 0 Å². The Morgan fingerprint density at radius 2 is 1.22 bits per heavy atom. The first-order chi connectivity index (χ1) is 24.5. The number of ether oxygens (including phenoxy) is 4. The van der Waals surface area contributed by atoms with Crippen molar-refractivity contribution < 1.29 is 48.0 Å². The molecule has 1 N–H and O–H groups in total. The summed E-state index contributed by atoms with van der Waals surface area (Å²) >= 11 is 0. The summed E-state index contributed by atoms with van der Waals surface area (Å²) in [6.07, 6.45) is 8.53. The first kappa shape index (κ1) is 33.1. The molecule has 2 aliphatic heterocycles. The first-order valence-corrected chi connectivity index (χ1v) is 20.4. The molecule has 0 aromatic rings. The quantitative estimate of drug-likeness (QED) is 0.153. The van der Waals surface area contributed by atoms with Gasteiger partial charge in [0.05, 0.1) is 43.3 Å². The molecule has 0 aromatic heterocycles. The minimum atomic E-state index is -0.679. The summed E-state index contributed by atoms with van der Waals surface area (Å²) in [5.41, 5.74) is 0. The zero-order chi connectivity index (χ0) is 35.2. The molecule has 22 unspecified atom stereocenters. The van der Waals surface area contributed by atoms with Gasteiger partial charge in [-0.1, -0.05) is 13.8 Å². The van der Waals surface area contributed by atoms with Crippen LogP contribution in [0.4, 0.5) is 0 Å². The van der Waals surface area contributed by atoms with Gasteiger partial charge in [-0.25, -0.2) is 0 Å². The molecule has 0 aromatic carbocycles. The molecule has 0 spiro atoms. The lowest BCUT2D eigenvalue weighted by atomic mass is 9.51. The number of carboxylic acids is 1. The molecular weight excluding hydrogens is 652 g/mol. The van der Waals surface area contributed by atoms with E-state index in [0.29, 0.717) is 54.6 Å². The summed E-state index contributed by atoms with van der Waals surface area (Å²) in [5, 5.41) is 10.6. The van der Waals surface area contributed by atoms with Gasteiger partial charge in [-0.2, -0.15) is 0 Å². The van der Waals surface area contributed by atoms with Crippen molar-refractivity contribution in [2.24, 2.45) is 124 Å². The van der Waals surface area contributed by atoms with Gasteiger partial charge < -0.3 is 24.1 Å². The second-order valence-electron chi connectivity index (χ2n) is 19.2. The Bertz CT molecular complexity index is 1520. The summed E-state index contributed by atoms with van der Waals surface area (Å²) in [5.74, 6) is 1.16. The molecule has 0 radical (unpaired) electrons. The van der Waals surface area contributed by atoms with Gasteiger partial charge in [-0.3, -0.25) is 24.0 Å². The number of fused-ring (bicyclic) bond motifs is 8. The summed E-state index contributed by atoms with van der Waals surface area (Å²) in [4.78, 5) is 66.3. The second kappa shape index (κ2) is 11.8. The number of cyclic esters (lactones) is 2. The van der Waals surface area contributed by atoms with Crippen LogP contribution < -0.4 is 0 Å². The van der Waals surface area contributed by atoms with E-state index in [9.17, 15) is 29.1 Å². The van der Waals surface area contributed by atoms with Crippen LogP contribution in [0.5, 0.6) is 0 Å². The number of aliphatic carboxylic acids is 1. The summed E-state index contributed by atoms with van der Waals surface area (Å²) in [7, 11) is 1.50. The highest BCUT2D eigenvalue weighted by atomic mass is 16.6. The third kappa shape index (κ3) is 4.71.